The molecule has 0 saturated heterocycles. The van der Waals surface area contributed by atoms with Crippen molar-refractivity contribution in [2.45, 2.75) is 32.1 Å². The van der Waals surface area contributed by atoms with E-state index in [-0.39, 0.29) is 29.5 Å². The van der Waals surface area contributed by atoms with Crippen molar-refractivity contribution in [2.24, 2.45) is 0 Å². The lowest BCUT2D eigenvalue weighted by atomic mass is 10.0. The Balaban J connectivity index is 1.94. The summed E-state index contributed by atoms with van der Waals surface area (Å²) in [5.74, 6) is 0.815. The maximum atomic E-state index is 13.0. The van der Waals surface area contributed by atoms with Gasteiger partial charge in [-0.1, -0.05) is 6.92 Å². The van der Waals surface area contributed by atoms with E-state index in [1.165, 1.54) is 16.2 Å². The van der Waals surface area contributed by atoms with Crippen LogP contribution in [-0.4, -0.2) is 78.9 Å². The number of carbonyl (C=O) groups excluding carboxylic acids is 3. The summed E-state index contributed by atoms with van der Waals surface area (Å²) < 4.78 is 5.16. The van der Waals surface area contributed by atoms with Crippen LogP contribution < -0.4 is 4.90 Å². The van der Waals surface area contributed by atoms with Crippen molar-refractivity contribution in [3.05, 3.63) is 16.0 Å². The summed E-state index contributed by atoms with van der Waals surface area (Å²) >= 11 is 3.11. The van der Waals surface area contributed by atoms with Gasteiger partial charge < -0.3 is 14.5 Å². The molecule has 2 aliphatic heterocycles. The van der Waals surface area contributed by atoms with Crippen LogP contribution in [0.3, 0.4) is 0 Å². The zero-order chi connectivity index (χ0) is 20.4. The van der Waals surface area contributed by atoms with Crippen LogP contribution >= 0.6 is 23.1 Å². The molecular weight excluding hydrogens is 398 g/mol. The number of carbonyl (C=O) groups is 3. The molecule has 1 aromatic rings. The molecule has 0 bridgehead atoms. The van der Waals surface area contributed by atoms with Gasteiger partial charge in [0.1, 0.15) is 11.5 Å². The minimum atomic E-state index is -0.115. The average molecular weight is 426 g/mol. The molecule has 1 unspecified atom stereocenters. The van der Waals surface area contributed by atoms with Gasteiger partial charge in [0.25, 0.3) is 5.91 Å². The van der Waals surface area contributed by atoms with E-state index < -0.39 is 0 Å². The fourth-order valence-corrected chi connectivity index (χ4v) is 5.83. The van der Waals surface area contributed by atoms with Gasteiger partial charge in [-0.3, -0.25) is 19.3 Å². The molecule has 3 amide bonds. The van der Waals surface area contributed by atoms with Crippen molar-refractivity contribution in [3.63, 3.8) is 0 Å². The molecular formula is C19H27N3O4S2. The normalized spacial score (nSPS) is 18.1. The minimum absolute atomic E-state index is 0.0646. The van der Waals surface area contributed by atoms with Gasteiger partial charge in [-0.05, 0) is 24.7 Å². The predicted octanol–water partition coefficient (Wildman–Crippen LogP) is 1.84. The highest BCUT2D eigenvalue weighted by Gasteiger charge is 2.37. The lowest BCUT2D eigenvalue weighted by Crippen LogP contribution is -2.40. The number of likely N-dealkylation sites (N-methyl/N-ethyl adjacent to an activating group) is 1. The van der Waals surface area contributed by atoms with Crippen LogP contribution in [0.15, 0.2) is 0 Å². The minimum Gasteiger partial charge on any atom is -0.383 e. The molecule has 2 aliphatic rings. The van der Waals surface area contributed by atoms with Crippen LogP contribution in [0.5, 0.6) is 0 Å². The fourth-order valence-electron chi connectivity index (χ4n) is 3.64. The van der Waals surface area contributed by atoms with Crippen LogP contribution in [0.2, 0.25) is 0 Å². The van der Waals surface area contributed by atoms with Gasteiger partial charge in [0.05, 0.1) is 30.5 Å². The molecule has 9 heteroatoms. The summed E-state index contributed by atoms with van der Waals surface area (Å²) in [7, 11) is 3.26. The van der Waals surface area contributed by atoms with E-state index >= 15 is 0 Å². The monoisotopic (exact) mass is 425 g/mol. The number of anilines is 1. The van der Waals surface area contributed by atoms with Crippen LogP contribution in [-0.2, 0) is 27.3 Å². The third-order valence-corrected chi connectivity index (χ3v) is 7.39. The molecule has 3 heterocycles. The van der Waals surface area contributed by atoms with Crippen LogP contribution in [0.25, 0.3) is 0 Å². The first-order chi connectivity index (χ1) is 13.4. The van der Waals surface area contributed by atoms with Crippen molar-refractivity contribution in [1.82, 2.24) is 9.80 Å². The number of amides is 3. The van der Waals surface area contributed by atoms with Gasteiger partial charge in [0, 0.05) is 25.6 Å². The van der Waals surface area contributed by atoms with Crippen molar-refractivity contribution in [3.8, 4) is 0 Å². The molecule has 0 aromatic carbocycles. The Bertz CT molecular complexity index is 779. The van der Waals surface area contributed by atoms with Gasteiger partial charge in [0.2, 0.25) is 11.8 Å². The van der Waals surface area contributed by atoms with Gasteiger partial charge in [-0.15, -0.1) is 23.1 Å². The topological polar surface area (TPSA) is 70.2 Å². The second-order valence-electron chi connectivity index (χ2n) is 6.99. The summed E-state index contributed by atoms with van der Waals surface area (Å²) in [6.45, 7) is 5.98. The summed E-state index contributed by atoms with van der Waals surface area (Å²) in [4.78, 5) is 44.5. The number of hydrogen-bond acceptors (Lipinski definition) is 6. The summed E-state index contributed by atoms with van der Waals surface area (Å²) in [5.41, 5.74) is 1.63. The molecule has 1 aromatic heterocycles. The Morgan fingerprint density at radius 1 is 1.32 bits per heavy atom. The third-order valence-electron chi connectivity index (χ3n) is 5.11. The Morgan fingerprint density at radius 2 is 2.07 bits per heavy atom. The smallest absolute Gasteiger partial charge is 0.257 e. The van der Waals surface area contributed by atoms with E-state index in [2.05, 4.69) is 0 Å². The Labute approximate surface area is 174 Å². The van der Waals surface area contributed by atoms with E-state index in [0.717, 1.165) is 16.2 Å². The molecule has 0 radical (unpaired) electrons. The number of thiophene rings is 1. The predicted molar refractivity (Wildman–Crippen MR) is 112 cm³/mol. The largest absolute Gasteiger partial charge is 0.383 e. The summed E-state index contributed by atoms with van der Waals surface area (Å²) in [6.07, 6.45) is 0.641. The number of rotatable bonds is 6. The third kappa shape index (κ3) is 3.92. The fraction of sp³-hybridized carbons (Fsp3) is 0.632. The number of ether oxygens (including phenoxy) is 1. The SMILES string of the molecule is CCSC(C)C(=O)N1CCc2c(sc3c2C(=O)N(C)CC(=O)N3CCOC)C1. The number of nitrogens with zero attached hydrogens (tertiary/aromatic N) is 3. The molecule has 7 nitrogen and oxygen atoms in total. The van der Waals surface area contributed by atoms with Crippen molar-refractivity contribution < 1.29 is 19.1 Å². The quantitative estimate of drug-likeness (QED) is 0.696. The van der Waals surface area contributed by atoms with Crippen LogP contribution in [0.4, 0.5) is 5.00 Å². The first-order valence-corrected chi connectivity index (χ1v) is 11.3. The van der Waals surface area contributed by atoms with Crippen LogP contribution in [0.1, 0.15) is 34.6 Å². The molecule has 1 atom stereocenters. The molecule has 0 fully saturated rings. The summed E-state index contributed by atoms with van der Waals surface area (Å²) in [5, 5.41) is 0.628. The maximum Gasteiger partial charge on any atom is 0.257 e. The van der Waals surface area contributed by atoms with E-state index in [9.17, 15) is 14.4 Å². The molecule has 28 heavy (non-hydrogen) atoms. The lowest BCUT2D eigenvalue weighted by molar-refractivity contribution is -0.131. The van der Waals surface area contributed by atoms with E-state index in [1.807, 2.05) is 18.7 Å². The second-order valence-corrected chi connectivity index (χ2v) is 9.69. The highest BCUT2D eigenvalue weighted by Crippen LogP contribution is 2.41. The molecule has 3 rings (SSSR count). The highest BCUT2D eigenvalue weighted by molar-refractivity contribution is 8.00. The number of thioether (sulfide) groups is 1. The Hall–Kier alpha value is -1.58. The van der Waals surface area contributed by atoms with Gasteiger partial charge in [0.15, 0.2) is 0 Å². The van der Waals surface area contributed by atoms with Crippen molar-refractivity contribution >= 4 is 45.8 Å². The molecule has 154 valence electrons. The average Bonchev–Trinajstić information content (AvgIpc) is 3.01. The molecule has 0 spiro atoms. The van der Waals surface area contributed by atoms with Crippen LogP contribution in [0, 0.1) is 0 Å². The maximum absolute atomic E-state index is 13.0. The van der Waals surface area contributed by atoms with Crippen molar-refractivity contribution in [2.75, 3.05) is 51.1 Å². The van der Waals surface area contributed by atoms with E-state index in [0.29, 0.717) is 43.2 Å². The molecule has 0 N–H and O–H groups in total. The van der Waals surface area contributed by atoms with Gasteiger partial charge in [-0.2, -0.15) is 0 Å². The zero-order valence-electron chi connectivity index (χ0n) is 16.8. The Kier molecular flexibility index (Phi) is 6.67. The zero-order valence-corrected chi connectivity index (χ0v) is 18.5. The first-order valence-electron chi connectivity index (χ1n) is 9.48. The van der Waals surface area contributed by atoms with E-state index in [4.69, 9.17) is 4.74 Å². The Morgan fingerprint density at radius 3 is 2.75 bits per heavy atom. The first kappa shape index (κ1) is 21.1. The molecule has 0 aliphatic carbocycles. The van der Waals surface area contributed by atoms with Gasteiger partial charge >= 0.3 is 0 Å². The second kappa shape index (κ2) is 8.84. The lowest BCUT2D eigenvalue weighted by Gasteiger charge is -2.29. The number of methoxy groups -OCH3 is 1. The standard InChI is InChI=1S/C19H27N3O4S2/c1-5-27-12(2)17(24)21-7-6-13-14(10-21)28-19-16(13)18(25)20(3)11-15(23)22(19)8-9-26-4/h12H,5-11H2,1-4H3. The number of fused-ring (bicyclic) bond motifs is 3. The highest BCUT2D eigenvalue weighted by atomic mass is 32.2. The molecule has 0 saturated carbocycles. The number of hydrogen-bond donors (Lipinski definition) is 0. The summed E-state index contributed by atoms with van der Waals surface area (Å²) in [6, 6.07) is 0. The van der Waals surface area contributed by atoms with Gasteiger partial charge in [-0.25, -0.2) is 0 Å². The van der Waals surface area contributed by atoms with E-state index in [1.54, 1.807) is 30.8 Å². The van der Waals surface area contributed by atoms with Crippen molar-refractivity contribution in [1.29, 1.82) is 0 Å².